The third-order valence-corrected chi connectivity index (χ3v) is 4.34. The summed E-state index contributed by atoms with van der Waals surface area (Å²) in [6.45, 7) is 2.30. The van der Waals surface area contributed by atoms with Crippen LogP contribution in [-0.2, 0) is 11.3 Å². The topological polar surface area (TPSA) is 107 Å². The van der Waals surface area contributed by atoms with Crippen molar-refractivity contribution in [2.45, 2.75) is 6.61 Å². The Labute approximate surface area is 175 Å². The number of amides is 2. The van der Waals surface area contributed by atoms with Crippen molar-refractivity contribution in [1.82, 2.24) is 5.32 Å². The highest BCUT2D eigenvalue weighted by Gasteiger charge is 2.17. The van der Waals surface area contributed by atoms with E-state index in [-0.39, 0.29) is 11.3 Å². The maximum absolute atomic E-state index is 12.2. The zero-order chi connectivity index (χ0) is 21.2. The second-order valence-corrected chi connectivity index (χ2v) is 6.51. The van der Waals surface area contributed by atoms with E-state index in [1.165, 1.54) is 6.26 Å². The molecule has 4 N–H and O–H groups in total. The molecule has 3 rings (SSSR count). The summed E-state index contributed by atoms with van der Waals surface area (Å²) in [5.41, 5.74) is 7.91. The van der Waals surface area contributed by atoms with E-state index in [1.54, 1.807) is 30.3 Å². The smallest absolute Gasteiger partial charge is 0.291 e. The maximum atomic E-state index is 12.2. The summed E-state index contributed by atoms with van der Waals surface area (Å²) in [7, 11) is 0. The third-order valence-electron chi connectivity index (χ3n) is 4.34. The lowest BCUT2D eigenvalue weighted by molar-refractivity contribution is 0.0996. The molecule has 1 radical (unpaired) electrons. The normalized spacial score (nSPS) is 10.7. The lowest BCUT2D eigenvalue weighted by atomic mass is 10.0. The lowest BCUT2D eigenvalue weighted by Gasteiger charge is -2.13. The van der Waals surface area contributed by atoms with Crippen LogP contribution in [0.15, 0.2) is 71.3 Å². The van der Waals surface area contributed by atoms with Crippen LogP contribution in [0.25, 0.3) is 0 Å². The van der Waals surface area contributed by atoms with Crippen molar-refractivity contribution >= 4 is 17.5 Å². The molecule has 0 fully saturated rings. The van der Waals surface area contributed by atoms with Crippen molar-refractivity contribution in [3.63, 3.8) is 0 Å². The molecule has 3 aromatic rings. The van der Waals surface area contributed by atoms with E-state index >= 15 is 0 Å². The van der Waals surface area contributed by atoms with Crippen molar-refractivity contribution in [2.75, 3.05) is 25.0 Å². The Kier molecular flexibility index (Phi) is 7.77. The quantitative estimate of drug-likeness (QED) is 0.425. The molecule has 1 aromatic heterocycles. The predicted molar refractivity (Wildman–Crippen MR) is 114 cm³/mol. The molecule has 7 nitrogen and oxygen atoms in total. The number of carbonyl (C=O) groups excluding carboxylic acids is 2. The number of ether oxygens (including phenoxy) is 1. The highest BCUT2D eigenvalue weighted by molar-refractivity contribution is 6.08. The first-order chi connectivity index (χ1) is 14.6. The molecule has 0 saturated heterocycles. The van der Waals surface area contributed by atoms with Crippen molar-refractivity contribution in [3.05, 3.63) is 95.8 Å². The van der Waals surface area contributed by atoms with Crippen molar-refractivity contribution in [1.29, 1.82) is 0 Å². The number of nitrogens with two attached hydrogens (primary N) is 1. The van der Waals surface area contributed by atoms with Gasteiger partial charge < -0.3 is 25.5 Å². The second-order valence-electron chi connectivity index (χ2n) is 6.51. The Bertz CT molecular complexity index is 956. The van der Waals surface area contributed by atoms with Gasteiger partial charge in [0, 0.05) is 19.5 Å². The molecule has 2 aromatic carbocycles. The second kappa shape index (κ2) is 10.9. The minimum Gasteiger partial charge on any atom is -0.459 e. The van der Waals surface area contributed by atoms with E-state index in [2.05, 4.69) is 10.6 Å². The van der Waals surface area contributed by atoms with Crippen LogP contribution < -0.4 is 16.4 Å². The molecule has 7 heteroatoms. The monoisotopic (exact) mass is 406 g/mol. The van der Waals surface area contributed by atoms with Gasteiger partial charge in [-0.2, -0.15) is 0 Å². The number of benzene rings is 2. The summed E-state index contributed by atoms with van der Waals surface area (Å²) >= 11 is 0. The highest BCUT2D eigenvalue weighted by Crippen LogP contribution is 2.22. The molecule has 0 atom stereocenters. The Morgan fingerprint density at radius 1 is 1.03 bits per heavy atom. The van der Waals surface area contributed by atoms with Gasteiger partial charge in [0.15, 0.2) is 5.76 Å². The van der Waals surface area contributed by atoms with Gasteiger partial charge in [0.05, 0.1) is 30.7 Å². The molecule has 0 bridgehead atoms. The summed E-state index contributed by atoms with van der Waals surface area (Å²) in [5, 5.41) is 5.91. The Morgan fingerprint density at radius 3 is 2.60 bits per heavy atom. The molecule has 155 valence electrons. The van der Waals surface area contributed by atoms with Crippen LogP contribution in [0.4, 0.5) is 5.69 Å². The summed E-state index contributed by atoms with van der Waals surface area (Å²) in [6.07, 6.45) is 3.25. The van der Waals surface area contributed by atoms with Crippen LogP contribution >= 0.6 is 0 Å². The van der Waals surface area contributed by atoms with Gasteiger partial charge in [0.1, 0.15) is 0 Å². The summed E-state index contributed by atoms with van der Waals surface area (Å²) < 4.78 is 10.7. The molecule has 0 saturated carbocycles. The van der Waals surface area contributed by atoms with Gasteiger partial charge in [0.2, 0.25) is 0 Å². The number of carbonyl (C=O) groups is 2. The Morgan fingerprint density at radius 2 is 1.87 bits per heavy atom. The Hall–Kier alpha value is -3.42. The zero-order valence-corrected chi connectivity index (χ0v) is 16.5. The lowest BCUT2D eigenvalue weighted by Crippen LogP contribution is -2.23. The number of nitrogens with one attached hydrogen (secondary N) is 2. The first kappa shape index (κ1) is 21.3. The van der Waals surface area contributed by atoms with Crippen molar-refractivity contribution in [3.8, 4) is 0 Å². The number of primary amides is 1. The molecule has 1 heterocycles. The van der Waals surface area contributed by atoms with Gasteiger partial charge in [-0.25, -0.2) is 0 Å². The van der Waals surface area contributed by atoms with Crippen molar-refractivity contribution < 1.29 is 18.7 Å². The molecule has 2 amide bonds. The van der Waals surface area contributed by atoms with Gasteiger partial charge in [-0.15, -0.1) is 0 Å². The van der Waals surface area contributed by atoms with Gasteiger partial charge in [0.25, 0.3) is 11.8 Å². The number of hydrogen-bond acceptors (Lipinski definition) is 5. The predicted octanol–water partition coefficient (Wildman–Crippen LogP) is 2.99. The molecule has 0 unspecified atom stereocenters. The van der Waals surface area contributed by atoms with Crippen molar-refractivity contribution in [2.24, 2.45) is 5.73 Å². The van der Waals surface area contributed by atoms with Gasteiger partial charge in [-0.3, -0.25) is 9.59 Å². The minimum absolute atomic E-state index is 0.150. The van der Waals surface area contributed by atoms with Gasteiger partial charge >= 0.3 is 0 Å². The van der Waals surface area contributed by atoms with E-state index < -0.39 is 11.8 Å². The van der Waals surface area contributed by atoms with E-state index in [1.807, 2.05) is 36.8 Å². The highest BCUT2D eigenvalue weighted by atomic mass is 16.5. The molecular formula is C23H24N3O4. The molecule has 0 aliphatic carbocycles. The molecule has 0 spiro atoms. The van der Waals surface area contributed by atoms with E-state index in [0.29, 0.717) is 37.6 Å². The third kappa shape index (κ3) is 6.04. The fourth-order valence-corrected chi connectivity index (χ4v) is 2.90. The van der Waals surface area contributed by atoms with Crippen LogP contribution in [0.2, 0.25) is 0 Å². The first-order valence-corrected chi connectivity index (χ1v) is 9.58. The molecule has 0 aliphatic heterocycles. The first-order valence-electron chi connectivity index (χ1n) is 9.58. The summed E-state index contributed by atoms with van der Waals surface area (Å²) in [5.74, 6) is -0.923. The fourth-order valence-electron chi connectivity index (χ4n) is 2.90. The van der Waals surface area contributed by atoms with E-state index in [0.717, 1.165) is 5.56 Å². The average Bonchev–Trinajstić information content (AvgIpc) is 3.29. The van der Waals surface area contributed by atoms with Gasteiger partial charge in [-0.1, -0.05) is 42.5 Å². The van der Waals surface area contributed by atoms with Crippen LogP contribution in [0, 0.1) is 6.42 Å². The van der Waals surface area contributed by atoms with Gasteiger partial charge in [-0.05, 0) is 29.3 Å². The van der Waals surface area contributed by atoms with Crippen LogP contribution in [0.5, 0.6) is 0 Å². The summed E-state index contributed by atoms with van der Waals surface area (Å²) in [6, 6.07) is 18.3. The molecular weight excluding hydrogens is 382 g/mol. The van der Waals surface area contributed by atoms with E-state index in [9.17, 15) is 9.59 Å². The minimum atomic E-state index is -0.622. The SMILES string of the molecule is NC(=O)c1c([CH]CNCCOCc2ccccc2)cccc1NC(=O)c1ccco1. The Balaban J connectivity index is 1.49. The average molecular weight is 406 g/mol. The largest absolute Gasteiger partial charge is 0.459 e. The maximum Gasteiger partial charge on any atom is 0.291 e. The number of furan rings is 1. The van der Waals surface area contributed by atoms with E-state index in [4.69, 9.17) is 14.9 Å². The number of anilines is 1. The number of hydrogen-bond donors (Lipinski definition) is 3. The van der Waals surface area contributed by atoms with Crippen LogP contribution in [0.1, 0.15) is 32.0 Å². The standard InChI is InChI=1S/C23H24N3O4/c24-22(27)21-18(8-4-9-19(21)26-23(28)20-10-5-14-30-20)11-12-25-13-15-29-16-17-6-2-1-3-7-17/h1-11,14,25H,12-13,15-16H2,(H2,24,27)(H,26,28). The van der Waals surface area contributed by atoms with Crippen LogP contribution in [0.3, 0.4) is 0 Å². The summed E-state index contributed by atoms with van der Waals surface area (Å²) in [4.78, 5) is 24.2. The fraction of sp³-hybridized carbons (Fsp3) is 0.174. The molecule has 0 aliphatic rings. The number of rotatable bonds is 11. The molecule has 30 heavy (non-hydrogen) atoms. The van der Waals surface area contributed by atoms with Crippen LogP contribution in [-0.4, -0.2) is 31.5 Å². The zero-order valence-electron chi connectivity index (χ0n) is 16.5.